The van der Waals surface area contributed by atoms with E-state index in [1.807, 2.05) is 494 Å². The Morgan fingerprint density at radius 1 is 0.142 bits per heavy atom. The third-order valence-electron chi connectivity index (χ3n) is 7.74. The minimum atomic E-state index is 0.711. The van der Waals surface area contributed by atoms with Gasteiger partial charge >= 0.3 is 0 Å². The molecule has 11 aromatic rings. The lowest BCUT2D eigenvalue weighted by molar-refractivity contribution is 0.907. The fourth-order valence-corrected chi connectivity index (χ4v) is 4.09. The minimum Gasteiger partial charge on any atom is -0.265 e. The molecule has 0 aromatic carbocycles. The fraction of sp³-hybridized carbons (Fsp3) is 0.624. The summed E-state index contributed by atoms with van der Waals surface area (Å²) in [4.78, 5) is 56.9. The highest BCUT2D eigenvalue weighted by Crippen LogP contribution is 1.94. The Morgan fingerprint density at radius 3 is 0.649 bits per heavy atom. The summed E-state index contributed by atoms with van der Waals surface area (Å²) in [6, 6.07) is 11.5. The molecule has 0 bridgehead atoms. The van der Waals surface area contributed by atoms with Crippen molar-refractivity contribution in [3.63, 3.8) is 0 Å². The third-order valence-corrected chi connectivity index (χ3v) is 7.74. The van der Waals surface area contributed by atoms with Crippen molar-refractivity contribution in [1.29, 1.82) is 0 Å². The molecule has 794 valence electrons. The van der Waals surface area contributed by atoms with E-state index in [1.165, 1.54) is 43.5 Å². The lowest BCUT2D eigenvalue weighted by atomic mass is 10.3. The number of aryl methyl sites for hydroxylation is 12. The third kappa shape index (κ3) is 279. The summed E-state index contributed by atoms with van der Waals surface area (Å²) in [5.41, 5.74) is 9.37. The van der Waals surface area contributed by atoms with Gasteiger partial charge in [0, 0.05) is 80.1 Å². The molecule has 0 aliphatic carbocycles. The molecule has 0 aliphatic rings. The predicted molar refractivity (Wildman–Crippen MR) is 610 cm³/mol. The van der Waals surface area contributed by atoms with Gasteiger partial charge in [-0.2, -0.15) is 35.7 Å². The molecule has 0 fully saturated rings. The molecule has 0 aliphatic heterocycles. The molecule has 0 amide bonds. The van der Waals surface area contributed by atoms with Gasteiger partial charge in [0.05, 0.1) is 53.8 Å². The minimum absolute atomic E-state index is 0.711. The van der Waals surface area contributed by atoms with Crippen molar-refractivity contribution in [3.05, 3.63) is 248 Å². The number of rotatable bonds is 0. The Morgan fingerprint density at radius 2 is 0.478 bits per heavy atom. The zero-order valence-corrected chi connectivity index (χ0v) is 102. The van der Waals surface area contributed by atoms with E-state index >= 15 is 0 Å². The van der Waals surface area contributed by atoms with Gasteiger partial charge in [-0.15, -0.1) is 15.3 Å². The molecule has 0 saturated heterocycles. The Bertz CT molecular complexity index is 2380. The van der Waals surface area contributed by atoms with Crippen LogP contribution in [0.2, 0.25) is 0 Å². The van der Waals surface area contributed by atoms with Crippen molar-refractivity contribution in [1.82, 2.24) is 126 Å². The standard InChI is InChI=1S/C6H8N2.C6H7N.5C5H6N2.4C4H5N3.28C2H6/c1-5-3-6(2)8-7-4-5;1-6-2-4-7-5-3-6;1-5-2-6-4-7-3-5;1-5-4-6-2-3-7-5;1-5-2-3-6-4-7-5;1-5-2-3-6-7-4-5;1-5-6-3-2-4-7-5;1-4-6-2-5-3-7-4;1-4-2-6-7-3-5-4;1-4-2-5-3-6-7-4;1-4-5-2-3-6-7-4;28*1-2/h3-4H,1-2H3;2-5H,1H3;5*2-4H,1H3;4*2-3H,1H3;28*1-2H3. The van der Waals surface area contributed by atoms with Gasteiger partial charge in [0.15, 0.2) is 0 Å². The molecule has 0 saturated carbocycles. The molecule has 0 unspecified atom stereocenters. The summed E-state index contributed by atoms with van der Waals surface area (Å²) in [7, 11) is 0. The largest absolute Gasteiger partial charge is 0.265 e. The van der Waals surface area contributed by atoms with Crippen molar-refractivity contribution >= 4 is 0 Å². The van der Waals surface area contributed by atoms with Crippen LogP contribution in [0, 0.1) is 83.1 Å². The monoisotopic (exact) mass is 1890 g/mol. The highest BCUT2D eigenvalue weighted by Gasteiger charge is 1.85. The second-order valence-electron chi connectivity index (χ2n) is 15.1. The van der Waals surface area contributed by atoms with Crippen LogP contribution in [-0.2, 0) is 0 Å². The first-order valence-electron chi connectivity index (χ1n) is 51.4. The average molecular weight is 1890 g/mol. The van der Waals surface area contributed by atoms with E-state index in [0.717, 1.165) is 56.8 Å². The topological polar surface area (TPSA) is 322 Å². The number of pyridine rings is 1. The zero-order chi connectivity index (χ0) is 113. The maximum Gasteiger partial charge on any atom is 0.147 e. The molecule has 25 nitrogen and oxygen atoms in total. The van der Waals surface area contributed by atoms with Gasteiger partial charge in [0.1, 0.15) is 55.4 Å². The summed E-state index contributed by atoms with van der Waals surface area (Å²) in [5, 5.41) is 36.2. The molecule has 25 heteroatoms. The molecule has 0 atom stereocenters. The molecule has 0 N–H and O–H groups in total. The summed E-state index contributed by atoms with van der Waals surface area (Å²) in [5.74, 6) is 2.29. The van der Waals surface area contributed by atoms with E-state index in [-0.39, 0.29) is 0 Å². The van der Waals surface area contributed by atoms with E-state index in [1.54, 1.807) is 118 Å². The molecular formula is C109H233N25. The van der Waals surface area contributed by atoms with Crippen LogP contribution in [-0.4, -0.2) is 126 Å². The van der Waals surface area contributed by atoms with Crippen molar-refractivity contribution in [2.75, 3.05) is 0 Å². The number of nitrogens with zero attached hydrogens (tertiary/aromatic N) is 25. The van der Waals surface area contributed by atoms with E-state index in [9.17, 15) is 0 Å². The Kier molecular flexibility index (Phi) is 434. The van der Waals surface area contributed by atoms with E-state index in [0.29, 0.717) is 5.82 Å². The number of aromatic nitrogens is 25. The van der Waals surface area contributed by atoms with Crippen LogP contribution in [0.1, 0.15) is 456 Å². The normalized spacial score (nSPS) is 6.36. The highest BCUT2D eigenvalue weighted by molar-refractivity contribution is 5.08. The van der Waals surface area contributed by atoms with Crippen LogP contribution < -0.4 is 0 Å². The van der Waals surface area contributed by atoms with Gasteiger partial charge in [-0.25, -0.2) is 59.8 Å². The van der Waals surface area contributed by atoms with Crippen molar-refractivity contribution in [3.8, 4) is 0 Å². The molecular weight excluding hydrogens is 1660 g/mol. The highest BCUT2D eigenvalue weighted by atomic mass is 15.1. The van der Waals surface area contributed by atoms with Crippen LogP contribution in [0.4, 0.5) is 0 Å². The maximum absolute atomic E-state index is 3.92. The van der Waals surface area contributed by atoms with Crippen molar-refractivity contribution in [2.24, 2.45) is 0 Å². The molecule has 11 rings (SSSR count). The SMILES string of the molecule is CC.CC.CC.CC.CC.CC.CC.CC.CC.CC.CC.CC.CC.CC.CC.CC.CC.CC.CC.CC.CC.CC.CC.CC.CC.CC.CC.CC.Cc1ccncc1.Cc1ccncn1.Cc1ccnnc1.Cc1cnccn1.Cc1cncnc1.Cc1cncnn1.Cc1cnnc(C)c1.Cc1cnncn1.Cc1ncccn1.Cc1nccnn1.Cc1ncncn1. The van der Waals surface area contributed by atoms with Crippen LogP contribution >= 0.6 is 0 Å². The smallest absolute Gasteiger partial charge is 0.147 e. The molecule has 11 aromatic heterocycles. The number of hydrogen-bond donors (Lipinski definition) is 0. The van der Waals surface area contributed by atoms with Gasteiger partial charge in [-0.1, -0.05) is 388 Å². The molecule has 0 spiro atoms. The van der Waals surface area contributed by atoms with Gasteiger partial charge in [0.2, 0.25) is 0 Å². The second kappa shape index (κ2) is 286. The van der Waals surface area contributed by atoms with Gasteiger partial charge in [-0.3, -0.25) is 15.0 Å². The van der Waals surface area contributed by atoms with Gasteiger partial charge in [0.25, 0.3) is 0 Å². The van der Waals surface area contributed by atoms with Crippen molar-refractivity contribution in [2.45, 2.75) is 471 Å². The molecule has 134 heavy (non-hydrogen) atoms. The summed E-state index contributed by atoms with van der Waals surface area (Å²) < 4.78 is 0. The van der Waals surface area contributed by atoms with Crippen LogP contribution in [0.15, 0.2) is 180 Å². The quantitative estimate of drug-likeness (QED) is 0.136. The second-order valence-corrected chi connectivity index (χ2v) is 15.1. The van der Waals surface area contributed by atoms with Gasteiger partial charge < -0.3 is 0 Å². The van der Waals surface area contributed by atoms with Crippen LogP contribution in [0.3, 0.4) is 0 Å². The lowest BCUT2D eigenvalue weighted by Gasteiger charge is -1.88. The zero-order valence-electron chi connectivity index (χ0n) is 102. The first-order valence-corrected chi connectivity index (χ1v) is 51.4. The summed E-state index contributed by atoms with van der Waals surface area (Å²) >= 11 is 0. The molecule has 0 radical (unpaired) electrons. The fourth-order valence-electron chi connectivity index (χ4n) is 4.09. The Labute approximate surface area is 839 Å². The van der Waals surface area contributed by atoms with E-state index in [2.05, 4.69) is 126 Å². The lowest BCUT2D eigenvalue weighted by Crippen LogP contribution is -1.85. The van der Waals surface area contributed by atoms with Crippen LogP contribution in [0.25, 0.3) is 0 Å². The Hall–Kier alpha value is -10.3. The Balaban J connectivity index is -0.0000000337. The van der Waals surface area contributed by atoms with E-state index in [4.69, 9.17) is 0 Å². The average Bonchev–Trinajstić information content (AvgIpc) is 0.949. The molecule has 11 heterocycles. The predicted octanol–water partition coefficient (Wildman–Crippen LogP) is 35.9. The van der Waals surface area contributed by atoms with Crippen LogP contribution in [0.5, 0.6) is 0 Å². The van der Waals surface area contributed by atoms with Crippen molar-refractivity contribution < 1.29 is 0 Å². The summed E-state index contributed by atoms with van der Waals surface area (Å²) in [6.45, 7) is 135. The summed E-state index contributed by atoms with van der Waals surface area (Å²) in [6.07, 6.45) is 37.8. The maximum atomic E-state index is 3.92. The first-order chi connectivity index (χ1) is 65.7. The first kappa shape index (κ1) is 203. The van der Waals surface area contributed by atoms with E-state index < -0.39 is 0 Å². The number of hydrogen-bond acceptors (Lipinski definition) is 25. The van der Waals surface area contributed by atoms with Gasteiger partial charge in [-0.05, 0) is 142 Å².